The van der Waals surface area contributed by atoms with Crippen LogP contribution in [0.5, 0.6) is 0 Å². The van der Waals surface area contributed by atoms with E-state index in [0.717, 1.165) is 12.8 Å². The summed E-state index contributed by atoms with van der Waals surface area (Å²) in [7, 11) is 0. The molecule has 1 fully saturated rings. The number of unbranched alkanes of at least 4 members (excludes halogenated alkanes) is 13. The molecule has 1 saturated heterocycles. The number of carbonyl (C=O) groups excluding carboxylic acids is 1. The summed E-state index contributed by atoms with van der Waals surface area (Å²) < 4.78 is 10.5. The van der Waals surface area contributed by atoms with Gasteiger partial charge in [-0.3, -0.25) is 5.73 Å². The van der Waals surface area contributed by atoms with Crippen LogP contribution in [0, 0.1) is 0 Å². The van der Waals surface area contributed by atoms with Gasteiger partial charge in [-0.2, -0.15) is 0 Å². The molecule has 1 aliphatic rings. The van der Waals surface area contributed by atoms with Crippen LogP contribution < -0.4 is 5.73 Å². The maximum atomic E-state index is 11.7. The van der Waals surface area contributed by atoms with E-state index in [4.69, 9.17) is 20.3 Å². The summed E-state index contributed by atoms with van der Waals surface area (Å²) in [6, 6.07) is 0. The summed E-state index contributed by atoms with van der Waals surface area (Å²) in [4.78, 5) is 11.7. The molecule has 5 nitrogen and oxygen atoms in total. The van der Waals surface area contributed by atoms with Gasteiger partial charge in [0, 0.05) is 0 Å². The predicted octanol–water partition coefficient (Wildman–Crippen LogP) is 4.45. The lowest BCUT2D eigenvalue weighted by atomic mass is 10.0. The van der Waals surface area contributed by atoms with E-state index in [9.17, 15) is 4.79 Å². The highest BCUT2D eigenvalue weighted by atomic mass is 16.6. The molecule has 0 aromatic rings. The standard InChI is InChI=1S/C21H41NO4/c1-2-3-4-5-6-7-8-9-10-11-12-13-14-15-16-19-17-25-21(22,18-23)20(24)26-19/h19,23H,2-18,22H2,1H3. The van der Waals surface area contributed by atoms with E-state index in [2.05, 4.69) is 6.92 Å². The number of rotatable bonds is 16. The Labute approximate surface area is 160 Å². The molecule has 0 aromatic heterocycles. The number of cyclic esters (lactones) is 1. The zero-order chi connectivity index (χ0) is 19.1. The van der Waals surface area contributed by atoms with Gasteiger partial charge < -0.3 is 14.6 Å². The van der Waals surface area contributed by atoms with Gasteiger partial charge >= 0.3 is 5.97 Å². The number of hydrogen-bond acceptors (Lipinski definition) is 5. The molecule has 26 heavy (non-hydrogen) atoms. The molecular weight excluding hydrogens is 330 g/mol. The first kappa shape index (κ1) is 23.4. The molecule has 0 aliphatic carbocycles. The lowest BCUT2D eigenvalue weighted by Gasteiger charge is -2.34. The zero-order valence-electron chi connectivity index (χ0n) is 16.8. The topological polar surface area (TPSA) is 81.8 Å². The maximum Gasteiger partial charge on any atom is 0.356 e. The first-order valence-electron chi connectivity index (χ1n) is 10.9. The molecule has 0 amide bonds. The fourth-order valence-electron chi connectivity index (χ4n) is 3.40. The second kappa shape index (κ2) is 14.4. The minimum absolute atomic E-state index is 0.219. The van der Waals surface area contributed by atoms with Crippen molar-refractivity contribution in [2.24, 2.45) is 5.73 Å². The Kier molecular flexibility index (Phi) is 13.0. The lowest BCUT2D eigenvalue weighted by Crippen LogP contribution is -2.59. The Balaban J connectivity index is 1.83. The van der Waals surface area contributed by atoms with Gasteiger partial charge in [0.1, 0.15) is 6.10 Å². The Hall–Kier alpha value is -0.650. The SMILES string of the molecule is CCCCCCCCCCCCCCCCC1COC(N)(CO)C(=O)O1. The van der Waals surface area contributed by atoms with Gasteiger partial charge in [-0.05, 0) is 12.8 Å². The van der Waals surface area contributed by atoms with Crippen molar-refractivity contribution in [3.63, 3.8) is 0 Å². The fraction of sp³-hybridized carbons (Fsp3) is 0.952. The average Bonchev–Trinajstić information content (AvgIpc) is 2.65. The normalized spacial score (nSPS) is 23.2. The number of esters is 1. The van der Waals surface area contributed by atoms with E-state index in [-0.39, 0.29) is 12.7 Å². The fourth-order valence-corrected chi connectivity index (χ4v) is 3.40. The average molecular weight is 372 g/mol. The summed E-state index contributed by atoms with van der Waals surface area (Å²) in [5.41, 5.74) is 3.94. The molecule has 0 spiro atoms. The van der Waals surface area contributed by atoms with Crippen molar-refractivity contribution in [3.05, 3.63) is 0 Å². The van der Waals surface area contributed by atoms with Gasteiger partial charge in [0.05, 0.1) is 13.2 Å². The van der Waals surface area contributed by atoms with Crippen molar-refractivity contribution in [1.82, 2.24) is 0 Å². The van der Waals surface area contributed by atoms with Crippen LogP contribution in [0.2, 0.25) is 0 Å². The quantitative estimate of drug-likeness (QED) is 0.309. The zero-order valence-corrected chi connectivity index (χ0v) is 16.8. The minimum Gasteiger partial charge on any atom is -0.457 e. The highest BCUT2D eigenvalue weighted by molar-refractivity contribution is 5.79. The van der Waals surface area contributed by atoms with Gasteiger partial charge in [-0.1, -0.05) is 90.4 Å². The second-order valence-corrected chi connectivity index (χ2v) is 7.77. The Morgan fingerprint density at radius 3 is 1.81 bits per heavy atom. The number of hydrogen-bond donors (Lipinski definition) is 2. The molecule has 1 aliphatic heterocycles. The van der Waals surface area contributed by atoms with E-state index >= 15 is 0 Å². The highest BCUT2D eigenvalue weighted by Gasteiger charge is 2.42. The highest BCUT2D eigenvalue weighted by Crippen LogP contribution is 2.19. The maximum absolute atomic E-state index is 11.7. The summed E-state index contributed by atoms with van der Waals surface area (Å²) in [6.45, 7) is 2.00. The number of carbonyl (C=O) groups is 1. The van der Waals surface area contributed by atoms with E-state index < -0.39 is 18.3 Å². The predicted molar refractivity (Wildman–Crippen MR) is 105 cm³/mol. The first-order valence-corrected chi connectivity index (χ1v) is 10.9. The van der Waals surface area contributed by atoms with Crippen LogP contribution >= 0.6 is 0 Å². The van der Waals surface area contributed by atoms with E-state index in [0.29, 0.717) is 0 Å². The van der Waals surface area contributed by atoms with Crippen LogP contribution in [0.4, 0.5) is 0 Å². The largest absolute Gasteiger partial charge is 0.457 e. The molecule has 2 unspecified atom stereocenters. The van der Waals surface area contributed by atoms with Crippen LogP contribution in [0.3, 0.4) is 0 Å². The minimum atomic E-state index is -1.66. The molecule has 1 rings (SSSR count). The molecule has 2 atom stereocenters. The van der Waals surface area contributed by atoms with Crippen LogP contribution in [0.1, 0.15) is 103 Å². The third kappa shape index (κ3) is 9.89. The van der Waals surface area contributed by atoms with Gasteiger partial charge in [0.25, 0.3) is 0 Å². The molecule has 154 valence electrons. The Morgan fingerprint density at radius 2 is 1.38 bits per heavy atom. The van der Waals surface area contributed by atoms with Crippen molar-refractivity contribution < 1.29 is 19.4 Å². The van der Waals surface area contributed by atoms with Crippen LogP contribution in [0.25, 0.3) is 0 Å². The molecule has 3 N–H and O–H groups in total. The summed E-state index contributed by atoms with van der Waals surface area (Å²) in [6.07, 6.45) is 19.2. The molecule has 0 aromatic carbocycles. The third-order valence-electron chi connectivity index (χ3n) is 5.26. The second-order valence-electron chi connectivity index (χ2n) is 7.77. The van der Waals surface area contributed by atoms with Crippen molar-refractivity contribution in [2.75, 3.05) is 13.2 Å². The smallest absolute Gasteiger partial charge is 0.356 e. The first-order chi connectivity index (χ1) is 12.6. The monoisotopic (exact) mass is 371 g/mol. The van der Waals surface area contributed by atoms with E-state index in [1.165, 1.54) is 83.5 Å². The van der Waals surface area contributed by atoms with Gasteiger partial charge in [-0.25, -0.2) is 4.79 Å². The Bertz CT molecular complexity index is 364. The van der Waals surface area contributed by atoms with Crippen molar-refractivity contribution in [3.8, 4) is 0 Å². The molecule has 0 bridgehead atoms. The third-order valence-corrected chi connectivity index (χ3v) is 5.26. The molecule has 0 saturated carbocycles. The van der Waals surface area contributed by atoms with Crippen molar-refractivity contribution in [1.29, 1.82) is 0 Å². The van der Waals surface area contributed by atoms with Crippen molar-refractivity contribution in [2.45, 2.75) is 115 Å². The lowest BCUT2D eigenvalue weighted by molar-refractivity contribution is -0.212. The van der Waals surface area contributed by atoms with Crippen LogP contribution in [0.15, 0.2) is 0 Å². The van der Waals surface area contributed by atoms with Gasteiger partial charge in [-0.15, -0.1) is 0 Å². The number of ether oxygens (including phenoxy) is 2. The van der Waals surface area contributed by atoms with Crippen LogP contribution in [-0.2, 0) is 14.3 Å². The van der Waals surface area contributed by atoms with Crippen LogP contribution in [-0.4, -0.2) is 36.1 Å². The molecular formula is C21H41NO4. The summed E-state index contributed by atoms with van der Waals surface area (Å²) in [5, 5.41) is 9.06. The summed E-state index contributed by atoms with van der Waals surface area (Å²) >= 11 is 0. The molecule has 5 heteroatoms. The Morgan fingerprint density at radius 1 is 0.923 bits per heavy atom. The number of aliphatic hydroxyl groups is 1. The van der Waals surface area contributed by atoms with Crippen molar-refractivity contribution >= 4 is 5.97 Å². The number of aliphatic hydroxyl groups excluding tert-OH is 1. The van der Waals surface area contributed by atoms with E-state index in [1.54, 1.807) is 0 Å². The van der Waals surface area contributed by atoms with Gasteiger partial charge in [0.2, 0.25) is 5.72 Å². The molecule has 0 radical (unpaired) electrons. The van der Waals surface area contributed by atoms with Gasteiger partial charge in [0.15, 0.2) is 0 Å². The van der Waals surface area contributed by atoms with E-state index in [1.807, 2.05) is 0 Å². The summed E-state index contributed by atoms with van der Waals surface area (Å²) in [5.74, 6) is -0.651. The number of nitrogens with two attached hydrogens (primary N) is 1. The molecule has 1 heterocycles.